The Labute approximate surface area is 69.1 Å². The Balaban J connectivity index is 2.46. The van der Waals surface area contributed by atoms with Gasteiger partial charge in [-0.2, -0.15) is 13.2 Å². The van der Waals surface area contributed by atoms with Gasteiger partial charge in [0.05, 0.1) is 12.0 Å². The van der Waals surface area contributed by atoms with Crippen molar-refractivity contribution in [1.82, 2.24) is 5.32 Å². The zero-order chi connectivity index (χ0) is 9.19. The molecule has 1 aliphatic rings. The third kappa shape index (κ3) is 2.35. The topological polar surface area (TPSA) is 21.3 Å². The molecule has 2 unspecified atom stereocenters. The minimum Gasteiger partial charge on any atom is -0.380 e. The standard InChI is InChI=1S/C7H12F3NO/c1-12-6-2-5(3-11-4-6)7(8,9)10/h5-6,11H,2-4H2,1H3. The van der Waals surface area contributed by atoms with E-state index in [1.807, 2.05) is 0 Å². The summed E-state index contributed by atoms with van der Waals surface area (Å²) in [5.41, 5.74) is 0. The highest BCUT2D eigenvalue weighted by Crippen LogP contribution is 2.31. The number of hydrogen-bond donors (Lipinski definition) is 1. The molecule has 0 radical (unpaired) electrons. The van der Waals surface area contributed by atoms with Crippen molar-refractivity contribution in [3.8, 4) is 0 Å². The molecule has 1 aliphatic heterocycles. The van der Waals surface area contributed by atoms with Crippen molar-refractivity contribution in [3.63, 3.8) is 0 Å². The highest BCUT2D eigenvalue weighted by atomic mass is 19.4. The van der Waals surface area contributed by atoms with Crippen LogP contribution in [-0.4, -0.2) is 32.5 Å². The first-order valence-corrected chi connectivity index (χ1v) is 3.84. The van der Waals surface area contributed by atoms with Gasteiger partial charge in [-0.15, -0.1) is 0 Å². The summed E-state index contributed by atoms with van der Waals surface area (Å²) in [7, 11) is 1.44. The van der Waals surface area contributed by atoms with Gasteiger partial charge in [0.2, 0.25) is 0 Å². The van der Waals surface area contributed by atoms with Gasteiger partial charge in [0.15, 0.2) is 0 Å². The molecule has 72 valence electrons. The fourth-order valence-electron chi connectivity index (χ4n) is 1.33. The van der Waals surface area contributed by atoms with Crippen LogP contribution in [0.15, 0.2) is 0 Å². The SMILES string of the molecule is COC1CNCC(C(F)(F)F)C1. The van der Waals surface area contributed by atoms with E-state index in [0.29, 0.717) is 6.54 Å². The summed E-state index contributed by atoms with van der Waals surface area (Å²) in [5, 5.41) is 2.70. The molecule has 12 heavy (non-hydrogen) atoms. The number of ether oxygens (including phenoxy) is 1. The summed E-state index contributed by atoms with van der Waals surface area (Å²) in [6, 6.07) is 0. The van der Waals surface area contributed by atoms with Gasteiger partial charge >= 0.3 is 6.18 Å². The van der Waals surface area contributed by atoms with Crippen LogP contribution in [0.4, 0.5) is 13.2 Å². The Kier molecular flexibility index (Phi) is 2.95. The van der Waals surface area contributed by atoms with E-state index in [9.17, 15) is 13.2 Å². The monoisotopic (exact) mass is 183 g/mol. The molecule has 0 saturated carbocycles. The van der Waals surface area contributed by atoms with Crippen molar-refractivity contribution in [1.29, 1.82) is 0 Å². The molecule has 0 aromatic carbocycles. The van der Waals surface area contributed by atoms with Crippen LogP contribution in [-0.2, 0) is 4.74 Å². The van der Waals surface area contributed by atoms with Crippen LogP contribution in [0.1, 0.15) is 6.42 Å². The van der Waals surface area contributed by atoms with Crippen LogP contribution in [0.3, 0.4) is 0 Å². The molecule has 1 N–H and O–H groups in total. The quantitative estimate of drug-likeness (QED) is 0.659. The van der Waals surface area contributed by atoms with E-state index in [-0.39, 0.29) is 19.1 Å². The maximum absolute atomic E-state index is 12.2. The van der Waals surface area contributed by atoms with Gasteiger partial charge in [0, 0.05) is 20.2 Å². The smallest absolute Gasteiger partial charge is 0.380 e. The average molecular weight is 183 g/mol. The number of nitrogens with one attached hydrogen (secondary N) is 1. The van der Waals surface area contributed by atoms with Crippen LogP contribution < -0.4 is 5.32 Å². The van der Waals surface area contributed by atoms with Gasteiger partial charge in [-0.25, -0.2) is 0 Å². The van der Waals surface area contributed by atoms with Gasteiger partial charge in [0.1, 0.15) is 0 Å². The predicted octanol–water partition coefficient (Wildman–Crippen LogP) is 1.17. The number of rotatable bonds is 1. The lowest BCUT2D eigenvalue weighted by atomic mass is 9.97. The maximum Gasteiger partial charge on any atom is 0.393 e. The Hall–Kier alpha value is -0.290. The molecule has 2 atom stereocenters. The van der Waals surface area contributed by atoms with Gasteiger partial charge < -0.3 is 10.1 Å². The van der Waals surface area contributed by atoms with Gasteiger partial charge in [0.25, 0.3) is 0 Å². The number of piperidine rings is 1. The molecule has 0 bridgehead atoms. The highest BCUT2D eigenvalue weighted by Gasteiger charge is 2.42. The second-order valence-corrected chi connectivity index (χ2v) is 2.99. The molecule has 0 spiro atoms. The number of alkyl halides is 3. The Morgan fingerprint density at radius 3 is 2.50 bits per heavy atom. The molecule has 0 aliphatic carbocycles. The lowest BCUT2D eigenvalue weighted by Gasteiger charge is -2.30. The summed E-state index contributed by atoms with van der Waals surface area (Å²) in [6.45, 7) is 0.534. The summed E-state index contributed by atoms with van der Waals surface area (Å²) < 4.78 is 41.3. The Bertz CT molecular complexity index is 148. The van der Waals surface area contributed by atoms with Crippen LogP contribution in [0.25, 0.3) is 0 Å². The zero-order valence-corrected chi connectivity index (χ0v) is 6.82. The predicted molar refractivity (Wildman–Crippen MR) is 37.8 cm³/mol. The van der Waals surface area contributed by atoms with Gasteiger partial charge in [-0.3, -0.25) is 0 Å². The van der Waals surface area contributed by atoms with E-state index in [1.165, 1.54) is 7.11 Å². The van der Waals surface area contributed by atoms with E-state index in [0.717, 1.165) is 0 Å². The third-order valence-electron chi connectivity index (χ3n) is 2.11. The van der Waals surface area contributed by atoms with Crippen molar-refractivity contribution in [3.05, 3.63) is 0 Å². The van der Waals surface area contributed by atoms with Crippen molar-refractivity contribution in [2.45, 2.75) is 18.7 Å². The normalized spacial score (nSPS) is 32.0. The van der Waals surface area contributed by atoms with Crippen LogP contribution in [0, 0.1) is 5.92 Å². The largest absolute Gasteiger partial charge is 0.393 e. The summed E-state index contributed by atoms with van der Waals surface area (Å²) >= 11 is 0. The van der Waals surface area contributed by atoms with Gasteiger partial charge in [-0.05, 0) is 6.42 Å². The summed E-state index contributed by atoms with van der Waals surface area (Å²) in [5.74, 6) is -1.25. The Morgan fingerprint density at radius 1 is 1.33 bits per heavy atom. The highest BCUT2D eigenvalue weighted by molar-refractivity contribution is 4.80. The first-order chi connectivity index (χ1) is 5.54. The average Bonchev–Trinajstić information content (AvgIpc) is 2.03. The van der Waals surface area contributed by atoms with E-state index in [1.54, 1.807) is 0 Å². The summed E-state index contributed by atoms with van der Waals surface area (Å²) in [4.78, 5) is 0. The van der Waals surface area contributed by atoms with Crippen molar-refractivity contribution in [2.24, 2.45) is 5.92 Å². The fourth-order valence-corrected chi connectivity index (χ4v) is 1.33. The number of methoxy groups -OCH3 is 1. The Morgan fingerprint density at radius 2 is 2.00 bits per heavy atom. The molecule has 1 heterocycles. The molecular weight excluding hydrogens is 171 g/mol. The summed E-state index contributed by atoms with van der Waals surface area (Å²) in [6.07, 6.45) is -4.32. The molecule has 1 fully saturated rings. The third-order valence-corrected chi connectivity index (χ3v) is 2.11. The maximum atomic E-state index is 12.2. The first-order valence-electron chi connectivity index (χ1n) is 3.84. The van der Waals surface area contributed by atoms with Gasteiger partial charge in [-0.1, -0.05) is 0 Å². The molecule has 2 nitrogen and oxygen atoms in total. The van der Waals surface area contributed by atoms with Crippen molar-refractivity contribution >= 4 is 0 Å². The lowest BCUT2D eigenvalue weighted by Crippen LogP contribution is -2.45. The van der Waals surface area contributed by atoms with Crippen LogP contribution in [0.5, 0.6) is 0 Å². The van der Waals surface area contributed by atoms with E-state index in [2.05, 4.69) is 5.32 Å². The van der Waals surface area contributed by atoms with E-state index in [4.69, 9.17) is 4.74 Å². The molecular formula is C7H12F3NO. The molecule has 5 heteroatoms. The lowest BCUT2D eigenvalue weighted by molar-refractivity contribution is -0.186. The molecule has 1 saturated heterocycles. The fraction of sp³-hybridized carbons (Fsp3) is 1.00. The van der Waals surface area contributed by atoms with Crippen LogP contribution in [0.2, 0.25) is 0 Å². The number of halogens is 3. The number of hydrogen-bond acceptors (Lipinski definition) is 2. The van der Waals surface area contributed by atoms with E-state index >= 15 is 0 Å². The zero-order valence-electron chi connectivity index (χ0n) is 6.82. The molecule has 0 amide bonds. The molecule has 1 rings (SSSR count). The van der Waals surface area contributed by atoms with Crippen molar-refractivity contribution in [2.75, 3.05) is 20.2 Å². The second-order valence-electron chi connectivity index (χ2n) is 2.99. The molecule has 0 aromatic heterocycles. The van der Waals surface area contributed by atoms with E-state index < -0.39 is 12.1 Å². The molecule has 0 aromatic rings. The van der Waals surface area contributed by atoms with Crippen LogP contribution >= 0.6 is 0 Å². The second kappa shape index (κ2) is 3.62. The first kappa shape index (κ1) is 9.80. The minimum absolute atomic E-state index is 0.0172. The van der Waals surface area contributed by atoms with Crippen molar-refractivity contribution < 1.29 is 17.9 Å². The minimum atomic E-state index is -4.09.